The zero-order valence-corrected chi connectivity index (χ0v) is 7.66. The Balaban J connectivity index is 4.24. The third-order valence-corrected chi connectivity index (χ3v) is 1.14. The van der Waals surface area contributed by atoms with Crippen molar-refractivity contribution in [1.29, 1.82) is 0 Å². The molecule has 4 heteroatoms. The molecule has 0 aliphatic carbocycles. The summed E-state index contributed by atoms with van der Waals surface area (Å²) < 4.78 is 4.23. The Bertz CT molecular complexity index is 263. The number of aliphatic hydroxyl groups is 1. The topological polar surface area (TPSA) is 63.6 Å². The molecule has 0 saturated carbocycles. The summed E-state index contributed by atoms with van der Waals surface area (Å²) in [6.45, 7) is 6.44. The first-order valence-corrected chi connectivity index (χ1v) is 3.80. The minimum atomic E-state index is -1.05. The first kappa shape index (κ1) is 11.4. The highest BCUT2D eigenvalue weighted by atomic mass is 16.6. The molecule has 0 aliphatic rings. The summed E-state index contributed by atoms with van der Waals surface area (Å²) in [5.74, 6) is -2.44. The number of allylic oxidation sites excluding steroid dienone is 1. The summed E-state index contributed by atoms with van der Waals surface area (Å²) in [4.78, 5) is 21.6. The Morgan fingerprint density at radius 1 is 1.46 bits per heavy atom. The van der Waals surface area contributed by atoms with Gasteiger partial charge in [0.05, 0.1) is 0 Å². The summed E-state index contributed by atoms with van der Waals surface area (Å²) in [6.07, 6.45) is 1.75. The summed E-state index contributed by atoms with van der Waals surface area (Å²) in [5.41, 5.74) is 0.109. The van der Waals surface area contributed by atoms with Crippen molar-refractivity contribution < 1.29 is 19.4 Å². The van der Waals surface area contributed by atoms with E-state index in [1.165, 1.54) is 13.0 Å². The van der Waals surface area contributed by atoms with Crippen molar-refractivity contribution in [2.24, 2.45) is 0 Å². The minimum absolute atomic E-state index is 0.109. The van der Waals surface area contributed by atoms with E-state index >= 15 is 0 Å². The number of carbonyl (C=O) groups is 2. The number of hydrogen-bond acceptors (Lipinski definition) is 4. The van der Waals surface area contributed by atoms with E-state index in [0.29, 0.717) is 6.42 Å². The van der Waals surface area contributed by atoms with Crippen LogP contribution in [-0.4, -0.2) is 17.0 Å². The lowest BCUT2D eigenvalue weighted by molar-refractivity contribution is -0.155. The van der Waals surface area contributed by atoms with Gasteiger partial charge >= 0.3 is 11.9 Å². The molecule has 0 amide bonds. The van der Waals surface area contributed by atoms with E-state index in [2.05, 4.69) is 11.3 Å². The fraction of sp³-hybridized carbons (Fsp3) is 0.333. The van der Waals surface area contributed by atoms with Crippen molar-refractivity contribution in [3.05, 3.63) is 24.0 Å². The largest absolute Gasteiger partial charge is 0.502 e. The Morgan fingerprint density at radius 2 is 2.00 bits per heavy atom. The zero-order chi connectivity index (χ0) is 10.4. The van der Waals surface area contributed by atoms with Crippen LogP contribution in [0, 0.1) is 0 Å². The van der Waals surface area contributed by atoms with Crippen LogP contribution in [0.15, 0.2) is 24.0 Å². The smallest absolute Gasteiger partial charge is 0.380 e. The van der Waals surface area contributed by atoms with E-state index < -0.39 is 17.7 Å². The van der Waals surface area contributed by atoms with Gasteiger partial charge in [-0.1, -0.05) is 13.5 Å². The lowest BCUT2D eigenvalue weighted by atomic mass is 10.3. The molecule has 0 rings (SSSR count). The fourth-order valence-corrected chi connectivity index (χ4v) is 0.500. The van der Waals surface area contributed by atoms with Crippen molar-refractivity contribution in [3.63, 3.8) is 0 Å². The molecule has 0 radical (unpaired) electrons. The molecular formula is C9H12O4. The van der Waals surface area contributed by atoms with Crippen LogP contribution in [0.1, 0.15) is 20.3 Å². The Hall–Kier alpha value is -1.58. The number of esters is 2. The van der Waals surface area contributed by atoms with E-state index in [1.807, 2.05) is 0 Å². The molecule has 0 atom stereocenters. The minimum Gasteiger partial charge on any atom is -0.502 e. The molecule has 0 saturated heterocycles. The summed E-state index contributed by atoms with van der Waals surface area (Å²) in [7, 11) is 0. The van der Waals surface area contributed by atoms with Gasteiger partial charge in [-0.2, -0.15) is 0 Å². The van der Waals surface area contributed by atoms with Gasteiger partial charge in [-0.15, -0.1) is 0 Å². The first-order valence-electron chi connectivity index (χ1n) is 3.80. The van der Waals surface area contributed by atoms with Crippen LogP contribution in [0.25, 0.3) is 0 Å². The Morgan fingerprint density at radius 3 is 2.38 bits per heavy atom. The SMILES string of the molecule is C=C(C)C(=O)OC(=O)C(O)=CCC. The second-order valence-corrected chi connectivity index (χ2v) is 2.45. The highest BCUT2D eigenvalue weighted by Crippen LogP contribution is 1.99. The molecule has 1 N–H and O–H groups in total. The van der Waals surface area contributed by atoms with Gasteiger partial charge < -0.3 is 9.84 Å². The molecule has 0 bridgehead atoms. The summed E-state index contributed by atoms with van der Waals surface area (Å²) >= 11 is 0. The summed E-state index contributed by atoms with van der Waals surface area (Å²) in [5, 5.41) is 8.95. The van der Waals surface area contributed by atoms with Crippen molar-refractivity contribution in [2.75, 3.05) is 0 Å². The van der Waals surface area contributed by atoms with Crippen LogP contribution < -0.4 is 0 Å². The maximum absolute atomic E-state index is 10.8. The van der Waals surface area contributed by atoms with Crippen LogP contribution >= 0.6 is 0 Å². The predicted molar refractivity (Wildman–Crippen MR) is 46.9 cm³/mol. The third-order valence-electron chi connectivity index (χ3n) is 1.14. The van der Waals surface area contributed by atoms with Crippen LogP contribution in [0.3, 0.4) is 0 Å². The highest BCUT2D eigenvalue weighted by molar-refractivity contribution is 6.00. The lowest BCUT2D eigenvalue weighted by Crippen LogP contribution is -2.14. The molecule has 4 nitrogen and oxygen atoms in total. The van der Waals surface area contributed by atoms with Gasteiger partial charge in [0, 0.05) is 5.57 Å². The maximum Gasteiger partial charge on any atom is 0.380 e. The number of carbonyl (C=O) groups excluding carboxylic acids is 2. The maximum atomic E-state index is 10.8. The number of rotatable bonds is 3. The lowest BCUT2D eigenvalue weighted by Gasteiger charge is -2.00. The highest BCUT2D eigenvalue weighted by Gasteiger charge is 2.14. The number of ether oxygens (including phenoxy) is 1. The van der Waals surface area contributed by atoms with E-state index in [4.69, 9.17) is 5.11 Å². The van der Waals surface area contributed by atoms with Crippen LogP contribution in [0.4, 0.5) is 0 Å². The molecule has 0 unspecified atom stereocenters. The van der Waals surface area contributed by atoms with Gasteiger partial charge in [-0.25, -0.2) is 9.59 Å². The molecule has 72 valence electrons. The molecule has 0 aromatic heterocycles. The van der Waals surface area contributed by atoms with E-state index in [0.717, 1.165) is 0 Å². The average molecular weight is 184 g/mol. The Kier molecular flexibility index (Phi) is 4.51. The van der Waals surface area contributed by atoms with Gasteiger partial charge in [0.25, 0.3) is 0 Å². The van der Waals surface area contributed by atoms with E-state index in [1.54, 1.807) is 6.92 Å². The molecular weight excluding hydrogens is 172 g/mol. The molecule has 0 fully saturated rings. The standard InChI is InChI=1S/C9H12O4/c1-4-5-7(10)9(12)13-8(11)6(2)3/h5,10H,2,4H2,1,3H3. The van der Waals surface area contributed by atoms with Gasteiger partial charge in [-0.3, -0.25) is 0 Å². The van der Waals surface area contributed by atoms with Gasteiger partial charge in [0.2, 0.25) is 0 Å². The van der Waals surface area contributed by atoms with Crippen molar-refractivity contribution in [3.8, 4) is 0 Å². The fourth-order valence-electron chi connectivity index (χ4n) is 0.500. The normalized spacial score (nSPS) is 10.8. The van der Waals surface area contributed by atoms with Crippen molar-refractivity contribution in [2.45, 2.75) is 20.3 Å². The van der Waals surface area contributed by atoms with Crippen LogP contribution in [0.2, 0.25) is 0 Å². The molecule has 0 spiro atoms. The van der Waals surface area contributed by atoms with Crippen molar-refractivity contribution in [1.82, 2.24) is 0 Å². The van der Waals surface area contributed by atoms with E-state index in [9.17, 15) is 9.59 Å². The van der Waals surface area contributed by atoms with Gasteiger partial charge in [0.15, 0.2) is 5.76 Å². The van der Waals surface area contributed by atoms with Crippen molar-refractivity contribution >= 4 is 11.9 Å². The second kappa shape index (κ2) is 5.13. The quantitative estimate of drug-likeness (QED) is 0.312. The van der Waals surface area contributed by atoms with Gasteiger partial charge in [0.1, 0.15) is 0 Å². The molecule has 0 heterocycles. The number of hydrogen-bond donors (Lipinski definition) is 1. The zero-order valence-electron chi connectivity index (χ0n) is 7.66. The predicted octanol–water partition coefficient (Wildman–Crippen LogP) is 1.48. The third kappa shape index (κ3) is 4.10. The van der Waals surface area contributed by atoms with Crippen LogP contribution in [0.5, 0.6) is 0 Å². The monoisotopic (exact) mass is 184 g/mol. The van der Waals surface area contributed by atoms with Gasteiger partial charge in [-0.05, 0) is 19.4 Å². The molecule has 0 aromatic rings. The number of aliphatic hydroxyl groups excluding tert-OH is 1. The summed E-state index contributed by atoms with van der Waals surface area (Å²) in [6, 6.07) is 0. The average Bonchev–Trinajstić information content (AvgIpc) is 2.04. The van der Waals surface area contributed by atoms with Crippen LogP contribution in [-0.2, 0) is 14.3 Å². The molecule has 13 heavy (non-hydrogen) atoms. The molecule has 0 aliphatic heterocycles. The Labute approximate surface area is 76.5 Å². The van der Waals surface area contributed by atoms with E-state index in [-0.39, 0.29) is 5.57 Å². The molecule has 0 aromatic carbocycles. The second-order valence-electron chi connectivity index (χ2n) is 2.45. The first-order chi connectivity index (χ1) is 5.99.